The van der Waals surface area contributed by atoms with E-state index in [1.54, 1.807) is 12.5 Å². The topological polar surface area (TPSA) is 58.2 Å². The molecule has 0 aromatic carbocycles. The molecule has 0 aromatic rings. The summed E-state index contributed by atoms with van der Waals surface area (Å²) in [7, 11) is 0. The second kappa shape index (κ2) is 5.43. The van der Waals surface area contributed by atoms with E-state index >= 15 is 0 Å². The Kier molecular flexibility index (Phi) is 5.23. The molecule has 10 heavy (non-hydrogen) atoms. The van der Waals surface area contributed by atoms with Crippen molar-refractivity contribution in [1.29, 1.82) is 0 Å². The van der Waals surface area contributed by atoms with Crippen LogP contribution in [-0.2, 0) is 0 Å². The van der Waals surface area contributed by atoms with E-state index in [0.29, 0.717) is 0 Å². The number of carbonyl (C=O) groups is 2. The highest BCUT2D eigenvalue weighted by molar-refractivity contribution is 8.13. The van der Waals surface area contributed by atoms with Gasteiger partial charge in [0.1, 0.15) is 0 Å². The fourth-order valence-electron chi connectivity index (χ4n) is 0.204. The lowest BCUT2D eigenvalue weighted by atomic mass is 11.3. The van der Waals surface area contributed by atoms with E-state index in [9.17, 15) is 9.59 Å². The van der Waals surface area contributed by atoms with E-state index in [4.69, 9.17) is 0 Å². The third-order valence-electron chi connectivity index (χ3n) is 0.637. The molecule has 2 N–H and O–H groups in total. The summed E-state index contributed by atoms with van der Waals surface area (Å²) in [4.78, 5) is 20.9. The Bertz CT molecular complexity index is 123. The Balaban J connectivity index is 3.35. The number of amides is 2. The molecule has 2 amide bonds. The minimum atomic E-state index is -0.276. The molecular formula is C4H8N2O2S2. The van der Waals surface area contributed by atoms with Crippen LogP contribution in [0.5, 0.6) is 0 Å². The van der Waals surface area contributed by atoms with E-state index < -0.39 is 0 Å². The Morgan fingerprint density at radius 1 is 1.00 bits per heavy atom. The van der Waals surface area contributed by atoms with E-state index in [-0.39, 0.29) is 10.5 Å². The first kappa shape index (κ1) is 9.64. The quantitative estimate of drug-likeness (QED) is 0.547. The number of rotatable bonds is 0. The van der Waals surface area contributed by atoms with Crippen LogP contribution in [0, 0.1) is 0 Å². The third-order valence-corrected chi connectivity index (χ3v) is 1.58. The molecule has 0 saturated carbocycles. The molecular weight excluding hydrogens is 172 g/mol. The number of thioether (sulfide) groups is 2. The maximum atomic E-state index is 10.5. The van der Waals surface area contributed by atoms with Gasteiger partial charge in [0, 0.05) is 0 Å². The number of hydrogen-bond donors (Lipinski definition) is 2. The van der Waals surface area contributed by atoms with Crippen LogP contribution in [-0.4, -0.2) is 23.0 Å². The summed E-state index contributed by atoms with van der Waals surface area (Å²) < 4.78 is 0. The zero-order valence-corrected chi connectivity index (χ0v) is 7.27. The molecule has 4 nitrogen and oxygen atoms in total. The van der Waals surface area contributed by atoms with Crippen LogP contribution >= 0.6 is 23.5 Å². The number of hydrazine groups is 1. The summed E-state index contributed by atoms with van der Waals surface area (Å²) in [6.07, 6.45) is 3.25. The van der Waals surface area contributed by atoms with E-state index in [0.717, 1.165) is 23.5 Å². The van der Waals surface area contributed by atoms with Crippen LogP contribution in [0.15, 0.2) is 0 Å². The lowest BCUT2D eigenvalue weighted by Gasteiger charge is -2.01. The largest absolute Gasteiger partial charge is 0.297 e. The van der Waals surface area contributed by atoms with Gasteiger partial charge in [0.15, 0.2) is 0 Å². The first-order valence-corrected chi connectivity index (χ1v) is 4.83. The Morgan fingerprint density at radius 2 is 1.30 bits per heavy atom. The molecule has 0 aliphatic carbocycles. The van der Waals surface area contributed by atoms with Crippen LogP contribution in [0.3, 0.4) is 0 Å². The predicted molar refractivity (Wildman–Crippen MR) is 44.1 cm³/mol. The molecule has 0 rings (SSSR count). The molecule has 0 saturated heterocycles. The Hall–Kier alpha value is -0.360. The molecule has 0 aromatic heterocycles. The number of hydrogen-bond acceptors (Lipinski definition) is 4. The molecule has 58 valence electrons. The van der Waals surface area contributed by atoms with Crippen molar-refractivity contribution in [3.05, 3.63) is 0 Å². The van der Waals surface area contributed by atoms with Crippen LogP contribution < -0.4 is 10.9 Å². The molecule has 0 aliphatic rings. The van der Waals surface area contributed by atoms with Crippen LogP contribution in [0.4, 0.5) is 9.59 Å². The van der Waals surface area contributed by atoms with Gasteiger partial charge < -0.3 is 0 Å². The molecule has 0 unspecified atom stereocenters. The zero-order valence-electron chi connectivity index (χ0n) is 5.63. The second-order valence-corrected chi connectivity index (χ2v) is 2.79. The van der Waals surface area contributed by atoms with E-state index in [1.807, 2.05) is 0 Å². The van der Waals surface area contributed by atoms with Gasteiger partial charge in [-0.2, -0.15) is 0 Å². The summed E-state index contributed by atoms with van der Waals surface area (Å²) in [6.45, 7) is 0. The van der Waals surface area contributed by atoms with Gasteiger partial charge in [0.2, 0.25) is 0 Å². The lowest BCUT2D eigenvalue weighted by molar-refractivity contribution is 0.247. The SMILES string of the molecule is CSC(=O)NNC(=O)SC. The van der Waals surface area contributed by atoms with Crippen LogP contribution in [0.25, 0.3) is 0 Å². The maximum absolute atomic E-state index is 10.5. The highest BCUT2D eigenvalue weighted by Gasteiger charge is 1.98. The van der Waals surface area contributed by atoms with Crippen molar-refractivity contribution in [1.82, 2.24) is 10.9 Å². The molecule has 0 fully saturated rings. The van der Waals surface area contributed by atoms with Gasteiger partial charge in [0.25, 0.3) is 10.5 Å². The van der Waals surface area contributed by atoms with Crippen LogP contribution in [0.1, 0.15) is 0 Å². The summed E-state index contributed by atoms with van der Waals surface area (Å²) in [5.41, 5.74) is 4.37. The smallest absolute Gasteiger partial charge is 0.260 e. The summed E-state index contributed by atoms with van der Waals surface area (Å²) in [5, 5.41) is -0.551. The van der Waals surface area contributed by atoms with Crippen molar-refractivity contribution in [3.63, 3.8) is 0 Å². The molecule has 6 heteroatoms. The Labute approximate surface area is 67.5 Å². The summed E-state index contributed by atoms with van der Waals surface area (Å²) >= 11 is 2.01. The van der Waals surface area contributed by atoms with Gasteiger partial charge in [-0.05, 0) is 12.5 Å². The predicted octanol–water partition coefficient (Wildman–Crippen LogP) is 1.05. The van der Waals surface area contributed by atoms with Gasteiger partial charge in [0.05, 0.1) is 0 Å². The van der Waals surface area contributed by atoms with Crippen molar-refractivity contribution in [2.45, 2.75) is 0 Å². The standard InChI is InChI=1S/C4H8N2O2S2/c1-9-3(7)5-6-4(8)10-2/h1-2H3,(H,5,7)(H,6,8). The zero-order chi connectivity index (χ0) is 7.98. The lowest BCUT2D eigenvalue weighted by Crippen LogP contribution is -2.37. The van der Waals surface area contributed by atoms with Crippen molar-refractivity contribution in [3.8, 4) is 0 Å². The van der Waals surface area contributed by atoms with Gasteiger partial charge >= 0.3 is 0 Å². The van der Waals surface area contributed by atoms with Gasteiger partial charge in [-0.3, -0.25) is 20.4 Å². The number of nitrogens with one attached hydrogen (secondary N) is 2. The maximum Gasteiger partial charge on any atom is 0.297 e. The van der Waals surface area contributed by atoms with E-state index in [2.05, 4.69) is 10.9 Å². The van der Waals surface area contributed by atoms with Crippen LogP contribution in [0.2, 0.25) is 0 Å². The van der Waals surface area contributed by atoms with Crippen molar-refractivity contribution < 1.29 is 9.59 Å². The molecule has 0 aliphatic heterocycles. The average molecular weight is 180 g/mol. The highest BCUT2D eigenvalue weighted by atomic mass is 32.2. The fourth-order valence-corrected chi connectivity index (χ4v) is 0.510. The monoisotopic (exact) mass is 180 g/mol. The van der Waals surface area contributed by atoms with Gasteiger partial charge in [-0.1, -0.05) is 23.5 Å². The van der Waals surface area contributed by atoms with Gasteiger partial charge in [-0.25, -0.2) is 0 Å². The summed E-state index contributed by atoms with van der Waals surface area (Å²) in [5.74, 6) is 0. The van der Waals surface area contributed by atoms with Crippen molar-refractivity contribution in [2.75, 3.05) is 12.5 Å². The normalized spacial score (nSPS) is 8.60. The van der Waals surface area contributed by atoms with Crippen molar-refractivity contribution >= 4 is 34.0 Å². The van der Waals surface area contributed by atoms with Gasteiger partial charge in [-0.15, -0.1) is 0 Å². The molecule has 0 radical (unpaired) electrons. The molecule has 0 heterocycles. The fraction of sp³-hybridized carbons (Fsp3) is 0.500. The average Bonchev–Trinajstić information content (AvgIpc) is 1.99. The molecule has 0 spiro atoms. The third kappa shape index (κ3) is 4.51. The second-order valence-electron chi connectivity index (χ2n) is 1.23. The molecule has 0 atom stereocenters. The first-order chi connectivity index (χ1) is 4.70. The minimum absolute atomic E-state index is 0.276. The Morgan fingerprint density at radius 3 is 1.50 bits per heavy atom. The first-order valence-electron chi connectivity index (χ1n) is 2.38. The molecule has 0 bridgehead atoms. The summed E-state index contributed by atoms with van der Waals surface area (Å²) in [6, 6.07) is 0. The number of carbonyl (C=O) groups excluding carboxylic acids is 2. The van der Waals surface area contributed by atoms with E-state index in [1.165, 1.54) is 0 Å². The van der Waals surface area contributed by atoms with Crippen molar-refractivity contribution in [2.24, 2.45) is 0 Å². The minimum Gasteiger partial charge on any atom is -0.260 e. The highest BCUT2D eigenvalue weighted by Crippen LogP contribution is 1.93.